The number of para-hydroxylation sites is 2. The number of carbonyl (C=O) groups is 2. The Labute approximate surface area is 216 Å². The SMILES string of the molecule is CCOc1ccccc1N(CC(=O)N(Cc1ccc(F)cc1)[C@@H](C)C(=O)NC)S(=O)(=O)c1ccccc1. The first-order valence-electron chi connectivity index (χ1n) is 11.7. The van der Waals surface area contributed by atoms with Crippen molar-refractivity contribution in [3.8, 4) is 5.75 Å². The van der Waals surface area contributed by atoms with Gasteiger partial charge in [-0.15, -0.1) is 0 Å². The van der Waals surface area contributed by atoms with E-state index in [1.54, 1.807) is 56.3 Å². The molecular weight excluding hydrogens is 497 g/mol. The van der Waals surface area contributed by atoms with Gasteiger partial charge >= 0.3 is 0 Å². The Balaban J connectivity index is 2.06. The third kappa shape index (κ3) is 6.65. The summed E-state index contributed by atoms with van der Waals surface area (Å²) in [6.07, 6.45) is 0. The van der Waals surface area contributed by atoms with Gasteiger partial charge in [0.2, 0.25) is 11.8 Å². The zero-order chi connectivity index (χ0) is 27.0. The fourth-order valence-corrected chi connectivity index (χ4v) is 5.20. The molecule has 1 atom stereocenters. The van der Waals surface area contributed by atoms with Crippen LogP contribution in [0.1, 0.15) is 19.4 Å². The molecule has 0 fully saturated rings. The van der Waals surface area contributed by atoms with Crippen LogP contribution in [0, 0.1) is 5.82 Å². The molecule has 0 bridgehead atoms. The number of ether oxygens (including phenoxy) is 1. The molecule has 10 heteroatoms. The maximum Gasteiger partial charge on any atom is 0.264 e. The summed E-state index contributed by atoms with van der Waals surface area (Å²) in [4.78, 5) is 27.5. The smallest absolute Gasteiger partial charge is 0.264 e. The minimum absolute atomic E-state index is 0.00136. The van der Waals surface area contributed by atoms with Crippen molar-refractivity contribution in [2.45, 2.75) is 31.3 Å². The Morgan fingerprint density at radius 2 is 1.59 bits per heavy atom. The first-order chi connectivity index (χ1) is 17.7. The molecule has 2 amide bonds. The van der Waals surface area contributed by atoms with Gasteiger partial charge in [0.1, 0.15) is 24.2 Å². The first-order valence-corrected chi connectivity index (χ1v) is 13.2. The molecule has 0 heterocycles. The molecule has 0 saturated heterocycles. The van der Waals surface area contributed by atoms with Crippen molar-refractivity contribution in [3.63, 3.8) is 0 Å². The summed E-state index contributed by atoms with van der Waals surface area (Å²) in [5.41, 5.74) is 0.772. The number of carbonyl (C=O) groups excluding carboxylic acids is 2. The van der Waals surface area contributed by atoms with E-state index in [1.807, 2.05) is 0 Å². The Morgan fingerprint density at radius 3 is 2.22 bits per heavy atom. The van der Waals surface area contributed by atoms with Crippen molar-refractivity contribution < 1.29 is 27.1 Å². The monoisotopic (exact) mass is 527 g/mol. The molecule has 0 unspecified atom stereocenters. The molecule has 0 spiro atoms. The van der Waals surface area contributed by atoms with E-state index in [1.165, 1.54) is 48.3 Å². The van der Waals surface area contributed by atoms with Crippen LogP contribution < -0.4 is 14.4 Å². The van der Waals surface area contributed by atoms with Gasteiger partial charge in [-0.05, 0) is 55.8 Å². The molecule has 0 aliphatic heterocycles. The van der Waals surface area contributed by atoms with E-state index in [-0.39, 0.29) is 23.7 Å². The number of hydrogen-bond acceptors (Lipinski definition) is 5. The summed E-state index contributed by atoms with van der Waals surface area (Å²) in [6, 6.07) is 18.9. The largest absolute Gasteiger partial charge is 0.492 e. The number of nitrogens with zero attached hydrogens (tertiary/aromatic N) is 2. The zero-order valence-corrected chi connectivity index (χ0v) is 21.7. The van der Waals surface area contributed by atoms with Crippen LogP contribution >= 0.6 is 0 Å². The second kappa shape index (κ2) is 12.4. The van der Waals surface area contributed by atoms with Gasteiger partial charge in [-0.3, -0.25) is 13.9 Å². The van der Waals surface area contributed by atoms with E-state index < -0.39 is 40.2 Å². The summed E-state index contributed by atoms with van der Waals surface area (Å²) in [5.74, 6) is -1.19. The Hall–Kier alpha value is -3.92. The van der Waals surface area contributed by atoms with Crippen molar-refractivity contribution >= 4 is 27.5 Å². The minimum Gasteiger partial charge on any atom is -0.492 e. The average Bonchev–Trinajstić information content (AvgIpc) is 2.91. The lowest BCUT2D eigenvalue weighted by Crippen LogP contribution is -2.50. The number of halogens is 1. The molecule has 8 nitrogen and oxygen atoms in total. The highest BCUT2D eigenvalue weighted by Gasteiger charge is 2.33. The maximum absolute atomic E-state index is 13.8. The van der Waals surface area contributed by atoms with E-state index in [0.717, 1.165) is 4.31 Å². The second-order valence-electron chi connectivity index (χ2n) is 8.16. The van der Waals surface area contributed by atoms with Crippen LogP contribution in [0.4, 0.5) is 10.1 Å². The maximum atomic E-state index is 13.8. The van der Waals surface area contributed by atoms with Gasteiger partial charge in [-0.1, -0.05) is 42.5 Å². The average molecular weight is 528 g/mol. The third-order valence-electron chi connectivity index (χ3n) is 5.72. The molecular formula is C27H30FN3O5S. The van der Waals surface area contributed by atoms with Crippen LogP contribution in [0.3, 0.4) is 0 Å². The fraction of sp³-hybridized carbons (Fsp3) is 0.259. The lowest BCUT2D eigenvalue weighted by Gasteiger charge is -2.32. The predicted molar refractivity (Wildman–Crippen MR) is 139 cm³/mol. The molecule has 0 aliphatic rings. The molecule has 37 heavy (non-hydrogen) atoms. The Kier molecular flexibility index (Phi) is 9.24. The first kappa shape index (κ1) is 27.7. The lowest BCUT2D eigenvalue weighted by atomic mass is 10.1. The van der Waals surface area contributed by atoms with Crippen LogP contribution in [0.15, 0.2) is 83.8 Å². The summed E-state index contributed by atoms with van der Waals surface area (Å²) >= 11 is 0. The molecule has 196 valence electrons. The summed E-state index contributed by atoms with van der Waals surface area (Å²) < 4.78 is 47.7. The van der Waals surface area contributed by atoms with E-state index in [9.17, 15) is 22.4 Å². The van der Waals surface area contributed by atoms with Gasteiger partial charge < -0.3 is 15.0 Å². The number of rotatable bonds is 11. The van der Waals surface area contributed by atoms with E-state index >= 15 is 0 Å². The number of anilines is 1. The number of nitrogens with one attached hydrogen (secondary N) is 1. The summed E-state index contributed by atoms with van der Waals surface area (Å²) in [6.45, 7) is 2.98. The van der Waals surface area contributed by atoms with Gasteiger partial charge in [0.05, 0.1) is 17.2 Å². The molecule has 3 aromatic carbocycles. The van der Waals surface area contributed by atoms with Crippen LogP contribution in [0.25, 0.3) is 0 Å². The molecule has 3 rings (SSSR count). The van der Waals surface area contributed by atoms with Crippen LogP contribution in [0.5, 0.6) is 5.75 Å². The zero-order valence-electron chi connectivity index (χ0n) is 20.9. The van der Waals surface area contributed by atoms with Crippen LogP contribution in [-0.2, 0) is 26.2 Å². The Bertz CT molecular complexity index is 1320. The highest BCUT2D eigenvalue weighted by atomic mass is 32.2. The fourth-order valence-electron chi connectivity index (χ4n) is 3.75. The van der Waals surface area contributed by atoms with Crippen molar-refractivity contribution in [1.82, 2.24) is 10.2 Å². The molecule has 1 N–H and O–H groups in total. The highest BCUT2D eigenvalue weighted by Crippen LogP contribution is 2.32. The normalized spacial score (nSPS) is 11.9. The number of amides is 2. The van der Waals surface area contributed by atoms with Gasteiger partial charge in [0, 0.05) is 13.6 Å². The van der Waals surface area contributed by atoms with Gasteiger partial charge in [0.25, 0.3) is 10.0 Å². The lowest BCUT2D eigenvalue weighted by molar-refractivity contribution is -0.139. The van der Waals surface area contributed by atoms with E-state index in [0.29, 0.717) is 11.3 Å². The van der Waals surface area contributed by atoms with E-state index in [4.69, 9.17) is 4.74 Å². The topological polar surface area (TPSA) is 96.0 Å². The standard InChI is InChI=1S/C27H30FN3O5S/c1-4-36-25-13-9-8-12-24(25)31(37(34,35)23-10-6-5-7-11-23)19-26(32)30(20(2)27(33)29-3)18-21-14-16-22(28)17-15-21/h5-17,20H,4,18-19H2,1-3H3,(H,29,33)/t20-/m0/s1. The van der Waals surface area contributed by atoms with Crippen molar-refractivity contribution in [2.75, 3.05) is 24.5 Å². The highest BCUT2D eigenvalue weighted by molar-refractivity contribution is 7.92. The van der Waals surface area contributed by atoms with Crippen LogP contribution in [-0.4, -0.2) is 51.4 Å². The van der Waals surface area contributed by atoms with E-state index in [2.05, 4.69) is 5.32 Å². The molecule has 3 aromatic rings. The van der Waals surface area contributed by atoms with Crippen molar-refractivity contribution in [3.05, 3.63) is 90.2 Å². The summed E-state index contributed by atoms with van der Waals surface area (Å²) in [5, 5.41) is 2.52. The van der Waals surface area contributed by atoms with Crippen molar-refractivity contribution in [2.24, 2.45) is 0 Å². The van der Waals surface area contributed by atoms with Crippen LogP contribution in [0.2, 0.25) is 0 Å². The molecule has 0 radical (unpaired) electrons. The van der Waals surface area contributed by atoms with Gasteiger partial charge in [-0.2, -0.15) is 0 Å². The number of hydrogen-bond donors (Lipinski definition) is 1. The number of likely N-dealkylation sites (N-methyl/N-ethyl adjacent to an activating group) is 1. The third-order valence-corrected chi connectivity index (χ3v) is 7.50. The number of benzene rings is 3. The molecule has 0 aliphatic carbocycles. The summed E-state index contributed by atoms with van der Waals surface area (Å²) in [7, 11) is -2.75. The Morgan fingerprint density at radius 1 is 0.973 bits per heavy atom. The predicted octanol–water partition coefficient (Wildman–Crippen LogP) is 3.58. The molecule has 0 aromatic heterocycles. The van der Waals surface area contributed by atoms with Crippen molar-refractivity contribution in [1.29, 1.82) is 0 Å². The quantitative estimate of drug-likeness (QED) is 0.411. The van der Waals surface area contributed by atoms with Gasteiger partial charge in [-0.25, -0.2) is 12.8 Å². The molecule has 0 saturated carbocycles. The number of sulfonamides is 1. The minimum atomic E-state index is -4.20. The second-order valence-corrected chi connectivity index (χ2v) is 10.0. The van der Waals surface area contributed by atoms with Gasteiger partial charge in [0.15, 0.2) is 0 Å².